The van der Waals surface area contributed by atoms with Crippen LogP contribution in [0.4, 0.5) is 0 Å². The highest BCUT2D eigenvalue weighted by Crippen LogP contribution is 2.29. The molecule has 3 nitrogen and oxygen atoms in total. The largest absolute Gasteiger partial charge is 0.490 e. The van der Waals surface area contributed by atoms with Gasteiger partial charge >= 0.3 is 0 Å². The highest BCUT2D eigenvalue weighted by atomic mass is 16.5. The zero-order chi connectivity index (χ0) is 17.2. The molecule has 130 valence electrons. The number of nitrogens with one attached hydrogen (secondary N) is 1. The monoisotopic (exact) mass is 327 g/mol. The summed E-state index contributed by atoms with van der Waals surface area (Å²) in [6.45, 7) is 9.38. The molecule has 0 amide bonds. The SMILES string of the molecule is CCCCNCc1ccc(OCc2cccc(C)c2)c(OCC)c1. The molecule has 0 fully saturated rings. The molecule has 1 N–H and O–H groups in total. The van der Waals surface area contributed by atoms with Crippen LogP contribution in [-0.2, 0) is 13.2 Å². The summed E-state index contributed by atoms with van der Waals surface area (Å²) in [6.07, 6.45) is 2.42. The second-order valence-corrected chi connectivity index (χ2v) is 6.02. The van der Waals surface area contributed by atoms with E-state index < -0.39 is 0 Å². The van der Waals surface area contributed by atoms with E-state index in [-0.39, 0.29) is 0 Å². The topological polar surface area (TPSA) is 30.5 Å². The highest BCUT2D eigenvalue weighted by molar-refractivity contribution is 5.43. The van der Waals surface area contributed by atoms with Gasteiger partial charge in [0.25, 0.3) is 0 Å². The molecule has 0 unspecified atom stereocenters. The second kappa shape index (κ2) is 9.99. The van der Waals surface area contributed by atoms with Gasteiger partial charge in [-0.05, 0) is 50.1 Å². The maximum absolute atomic E-state index is 5.98. The minimum atomic E-state index is 0.551. The van der Waals surface area contributed by atoms with Gasteiger partial charge in [-0.25, -0.2) is 0 Å². The first-order valence-electron chi connectivity index (χ1n) is 8.87. The molecule has 0 heterocycles. The first-order chi connectivity index (χ1) is 11.7. The number of unbranched alkanes of at least 4 members (excludes halogenated alkanes) is 1. The Morgan fingerprint density at radius 3 is 2.54 bits per heavy atom. The van der Waals surface area contributed by atoms with Crippen LogP contribution in [0.3, 0.4) is 0 Å². The van der Waals surface area contributed by atoms with E-state index in [4.69, 9.17) is 9.47 Å². The van der Waals surface area contributed by atoms with Crippen LogP contribution in [0.2, 0.25) is 0 Å². The standard InChI is InChI=1S/C21H29NO2/c1-4-6-12-22-15-18-10-11-20(21(14-18)23-5-2)24-16-19-9-7-8-17(3)13-19/h7-11,13-14,22H,4-6,12,15-16H2,1-3H3. The average molecular weight is 327 g/mol. The maximum Gasteiger partial charge on any atom is 0.161 e. The predicted molar refractivity (Wildman–Crippen MR) is 99.7 cm³/mol. The number of aryl methyl sites for hydroxylation is 1. The molecule has 0 radical (unpaired) electrons. The van der Waals surface area contributed by atoms with Gasteiger partial charge in [0.1, 0.15) is 6.61 Å². The third-order valence-electron chi connectivity index (χ3n) is 3.82. The van der Waals surface area contributed by atoms with Gasteiger partial charge in [0.2, 0.25) is 0 Å². The average Bonchev–Trinajstić information content (AvgIpc) is 2.58. The highest BCUT2D eigenvalue weighted by Gasteiger charge is 2.07. The molecule has 0 atom stereocenters. The molecular weight excluding hydrogens is 298 g/mol. The van der Waals surface area contributed by atoms with Crippen molar-refractivity contribution in [2.45, 2.75) is 46.8 Å². The van der Waals surface area contributed by atoms with E-state index in [2.05, 4.69) is 55.6 Å². The fourth-order valence-corrected chi connectivity index (χ4v) is 2.55. The van der Waals surface area contributed by atoms with Gasteiger partial charge in [0.15, 0.2) is 11.5 Å². The summed E-state index contributed by atoms with van der Waals surface area (Å²) in [7, 11) is 0. The number of ether oxygens (including phenoxy) is 2. The Kier molecular flexibility index (Phi) is 7.63. The van der Waals surface area contributed by atoms with Crippen LogP contribution in [0.1, 0.15) is 43.4 Å². The lowest BCUT2D eigenvalue weighted by Gasteiger charge is -2.14. The summed E-state index contributed by atoms with van der Waals surface area (Å²) in [5.74, 6) is 1.62. The fourth-order valence-electron chi connectivity index (χ4n) is 2.55. The lowest BCUT2D eigenvalue weighted by atomic mass is 10.1. The first-order valence-corrected chi connectivity index (χ1v) is 8.87. The minimum absolute atomic E-state index is 0.551. The van der Waals surface area contributed by atoms with Crippen molar-refractivity contribution in [2.75, 3.05) is 13.2 Å². The Hall–Kier alpha value is -2.00. The van der Waals surface area contributed by atoms with Gasteiger partial charge in [0, 0.05) is 6.54 Å². The van der Waals surface area contributed by atoms with Crippen LogP contribution in [-0.4, -0.2) is 13.2 Å². The van der Waals surface area contributed by atoms with Gasteiger partial charge in [0.05, 0.1) is 6.61 Å². The number of rotatable bonds is 10. The zero-order valence-electron chi connectivity index (χ0n) is 15.1. The molecule has 0 spiro atoms. The molecule has 0 aliphatic heterocycles. The van der Waals surface area contributed by atoms with Crippen LogP contribution in [0.15, 0.2) is 42.5 Å². The Bertz CT molecular complexity index is 625. The molecule has 0 saturated heterocycles. The smallest absolute Gasteiger partial charge is 0.161 e. The molecule has 0 aromatic heterocycles. The number of hydrogen-bond acceptors (Lipinski definition) is 3. The van der Waals surface area contributed by atoms with E-state index in [0.29, 0.717) is 13.2 Å². The fraction of sp³-hybridized carbons (Fsp3) is 0.429. The third-order valence-corrected chi connectivity index (χ3v) is 3.82. The van der Waals surface area contributed by atoms with Gasteiger partial charge < -0.3 is 14.8 Å². The molecule has 0 saturated carbocycles. The number of benzene rings is 2. The van der Waals surface area contributed by atoms with Gasteiger partial charge in [-0.3, -0.25) is 0 Å². The van der Waals surface area contributed by atoms with E-state index in [1.165, 1.54) is 29.5 Å². The van der Waals surface area contributed by atoms with Crippen molar-refractivity contribution >= 4 is 0 Å². The van der Waals surface area contributed by atoms with Crippen LogP contribution < -0.4 is 14.8 Å². The van der Waals surface area contributed by atoms with E-state index in [9.17, 15) is 0 Å². The Morgan fingerprint density at radius 2 is 1.79 bits per heavy atom. The zero-order valence-corrected chi connectivity index (χ0v) is 15.1. The quantitative estimate of drug-likeness (QED) is 0.632. The van der Waals surface area contributed by atoms with Crippen LogP contribution in [0, 0.1) is 6.92 Å². The second-order valence-electron chi connectivity index (χ2n) is 6.02. The predicted octanol–water partition coefficient (Wildman–Crippen LogP) is 4.86. The van der Waals surface area contributed by atoms with Crippen molar-refractivity contribution in [1.29, 1.82) is 0 Å². The molecule has 3 heteroatoms. The van der Waals surface area contributed by atoms with Crippen molar-refractivity contribution in [3.05, 3.63) is 59.2 Å². The molecular formula is C21H29NO2. The van der Waals surface area contributed by atoms with Crippen molar-refractivity contribution < 1.29 is 9.47 Å². The molecule has 0 bridgehead atoms. The van der Waals surface area contributed by atoms with Crippen molar-refractivity contribution in [1.82, 2.24) is 5.32 Å². The molecule has 2 rings (SSSR count). The normalized spacial score (nSPS) is 10.6. The first kappa shape index (κ1) is 18.3. The number of hydrogen-bond donors (Lipinski definition) is 1. The summed E-state index contributed by atoms with van der Waals surface area (Å²) < 4.78 is 11.7. The molecule has 24 heavy (non-hydrogen) atoms. The molecule has 2 aromatic carbocycles. The Morgan fingerprint density at radius 1 is 0.917 bits per heavy atom. The lowest BCUT2D eigenvalue weighted by Crippen LogP contribution is -2.14. The van der Waals surface area contributed by atoms with Gasteiger partial charge in [-0.2, -0.15) is 0 Å². The molecule has 0 aliphatic rings. The lowest BCUT2D eigenvalue weighted by molar-refractivity contribution is 0.269. The summed E-state index contributed by atoms with van der Waals surface area (Å²) in [4.78, 5) is 0. The van der Waals surface area contributed by atoms with E-state index in [0.717, 1.165) is 24.6 Å². The summed E-state index contributed by atoms with van der Waals surface area (Å²) in [5.41, 5.74) is 3.63. The van der Waals surface area contributed by atoms with Crippen LogP contribution >= 0.6 is 0 Å². The summed E-state index contributed by atoms with van der Waals surface area (Å²) in [5, 5.41) is 3.46. The van der Waals surface area contributed by atoms with Crippen molar-refractivity contribution in [3.63, 3.8) is 0 Å². The van der Waals surface area contributed by atoms with Crippen molar-refractivity contribution in [3.8, 4) is 11.5 Å². The van der Waals surface area contributed by atoms with Crippen LogP contribution in [0.5, 0.6) is 11.5 Å². The van der Waals surface area contributed by atoms with Gasteiger partial charge in [-0.1, -0.05) is 49.2 Å². The third kappa shape index (κ3) is 5.89. The van der Waals surface area contributed by atoms with E-state index >= 15 is 0 Å². The Labute approximate surface area is 146 Å². The summed E-state index contributed by atoms with van der Waals surface area (Å²) >= 11 is 0. The minimum Gasteiger partial charge on any atom is -0.490 e. The van der Waals surface area contributed by atoms with Crippen LogP contribution in [0.25, 0.3) is 0 Å². The van der Waals surface area contributed by atoms with E-state index in [1.807, 2.05) is 13.0 Å². The molecule has 0 aliphatic carbocycles. The summed E-state index contributed by atoms with van der Waals surface area (Å²) in [6, 6.07) is 14.6. The molecule has 2 aromatic rings. The van der Waals surface area contributed by atoms with Crippen molar-refractivity contribution in [2.24, 2.45) is 0 Å². The Balaban J connectivity index is 2.00. The van der Waals surface area contributed by atoms with Gasteiger partial charge in [-0.15, -0.1) is 0 Å². The van der Waals surface area contributed by atoms with E-state index in [1.54, 1.807) is 0 Å². The maximum atomic E-state index is 5.98.